The average Bonchev–Trinajstić information content (AvgIpc) is 2.38. The molecule has 0 saturated carbocycles. The van der Waals surface area contributed by atoms with E-state index in [4.69, 9.17) is 11.6 Å². The van der Waals surface area contributed by atoms with Crippen molar-refractivity contribution in [3.05, 3.63) is 59.1 Å². The molecule has 2 rings (SSSR count). The highest BCUT2D eigenvalue weighted by Crippen LogP contribution is 2.21. The van der Waals surface area contributed by atoms with Crippen molar-refractivity contribution in [2.75, 3.05) is 6.54 Å². The largest absolute Gasteiger partial charge is 0.305 e. The van der Waals surface area contributed by atoms with Crippen LogP contribution in [0.4, 0.5) is 0 Å². The predicted octanol–water partition coefficient (Wildman–Crippen LogP) is 2.83. The molecule has 0 aliphatic heterocycles. The van der Waals surface area contributed by atoms with E-state index in [2.05, 4.69) is 22.2 Å². The van der Waals surface area contributed by atoms with E-state index in [9.17, 15) is 0 Å². The van der Waals surface area contributed by atoms with Gasteiger partial charge in [0.25, 0.3) is 0 Å². The highest BCUT2D eigenvalue weighted by molar-refractivity contribution is 6.30. The van der Waals surface area contributed by atoms with Gasteiger partial charge in [0.05, 0.1) is 11.7 Å². The maximum atomic E-state index is 5.89. The normalized spacial score (nSPS) is 12.4. The lowest BCUT2D eigenvalue weighted by atomic mass is 10.0. The zero-order valence-corrected chi connectivity index (χ0v) is 10.4. The number of nitrogens with one attached hydrogen (secondary N) is 1. The van der Waals surface area contributed by atoms with Crippen molar-refractivity contribution in [1.82, 2.24) is 15.3 Å². The Morgan fingerprint density at radius 2 is 2.00 bits per heavy atom. The minimum atomic E-state index is 0.0836. The quantitative estimate of drug-likeness (QED) is 0.903. The van der Waals surface area contributed by atoms with Crippen LogP contribution in [0.15, 0.2) is 42.9 Å². The van der Waals surface area contributed by atoms with Gasteiger partial charge >= 0.3 is 0 Å². The van der Waals surface area contributed by atoms with E-state index in [1.165, 1.54) is 0 Å². The molecule has 0 spiro atoms. The fourth-order valence-corrected chi connectivity index (χ4v) is 1.85. The molecule has 0 radical (unpaired) electrons. The molecule has 1 aromatic heterocycles. The van der Waals surface area contributed by atoms with Gasteiger partial charge in [-0.2, -0.15) is 0 Å². The fourth-order valence-electron chi connectivity index (χ4n) is 1.72. The molecule has 4 heteroatoms. The summed E-state index contributed by atoms with van der Waals surface area (Å²) in [5.41, 5.74) is 2.11. The number of hydrogen-bond donors (Lipinski definition) is 1. The Kier molecular flexibility index (Phi) is 4.07. The molecule has 1 heterocycles. The summed E-state index contributed by atoms with van der Waals surface area (Å²) in [6.45, 7) is 2.95. The minimum absolute atomic E-state index is 0.0836. The van der Waals surface area contributed by atoms with Crippen LogP contribution in [-0.4, -0.2) is 16.5 Å². The Bertz CT molecular complexity index is 456. The van der Waals surface area contributed by atoms with Crippen LogP contribution in [0.3, 0.4) is 0 Å². The molecule has 1 atom stereocenters. The molecule has 88 valence electrons. The number of halogens is 1. The second kappa shape index (κ2) is 5.75. The third kappa shape index (κ3) is 3.02. The second-order valence-electron chi connectivity index (χ2n) is 3.68. The average molecular weight is 248 g/mol. The molecule has 1 unspecified atom stereocenters. The lowest BCUT2D eigenvalue weighted by Gasteiger charge is -2.17. The summed E-state index contributed by atoms with van der Waals surface area (Å²) in [6, 6.07) is 9.81. The molecule has 1 N–H and O–H groups in total. The molecule has 17 heavy (non-hydrogen) atoms. The Balaban J connectivity index is 2.32. The van der Waals surface area contributed by atoms with Crippen molar-refractivity contribution >= 4 is 11.6 Å². The van der Waals surface area contributed by atoms with Crippen LogP contribution in [0.25, 0.3) is 0 Å². The van der Waals surface area contributed by atoms with E-state index in [1.54, 1.807) is 12.5 Å². The van der Waals surface area contributed by atoms with E-state index in [1.807, 2.05) is 30.3 Å². The van der Waals surface area contributed by atoms with E-state index < -0.39 is 0 Å². The molecule has 0 amide bonds. The number of aromatic nitrogens is 2. The third-order valence-electron chi connectivity index (χ3n) is 2.51. The molecule has 0 aliphatic rings. The number of nitrogens with zero attached hydrogens (tertiary/aromatic N) is 2. The summed E-state index contributed by atoms with van der Waals surface area (Å²) in [5, 5.41) is 4.14. The van der Waals surface area contributed by atoms with Gasteiger partial charge in [0.2, 0.25) is 0 Å². The van der Waals surface area contributed by atoms with Gasteiger partial charge in [-0.3, -0.25) is 0 Å². The Labute approximate surface area is 106 Å². The van der Waals surface area contributed by atoms with Gasteiger partial charge in [0.1, 0.15) is 6.33 Å². The van der Waals surface area contributed by atoms with Crippen LogP contribution in [-0.2, 0) is 0 Å². The minimum Gasteiger partial charge on any atom is -0.305 e. The molecule has 0 aliphatic carbocycles. The number of benzene rings is 1. The molecule has 1 aromatic carbocycles. The summed E-state index contributed by atoms with van der Waals surface area (Å²) in [4.78, 5) is 8.23. The van der Waals surface area contributed by atoms with Gasteiger partial charge in [-0.15, -0.1) is 0 Å². The highest BCUT2D eigenvalue weighted by atomic mass is 35.5. The first kappa shape index (κ1) is 12.0. The SMILES string of the molecule is CCNC(c1ccc(Cl)cc1)c1ccncn1. The van der Waals surface area contributed by atoms with Crippen LogP contribution in [0, 0.1) is 0 Å². The van der Waals surface area contributed by atoms with Gasteiger partial charge in [-0.1, -0.05) is 30.7 Å². The van der Waals surface area contributed by atoms with Crippen molar-refractivity contribution in [1.29, 1.82) is 0 Å². The van der Waals surface area contributed by atoms with Gasteiger partial charge in [-0.05, 0) is 30.3 Å². The monoisotopic (exact) mass is 247 g/mol. The van der Waals surface area contributed by atoms with E-state index in [0.29, 0.717) is 0 Å². The standard InChI is InChI=1S/C13H14ClN3/c1-2-16-13(12-7-8-15-9-17-12)10-3-5-11(14)6-4-10/h3-9,13,16H,2H2,1H3. The fraction of sp³-hybridized carbons (Fsp3) is 0.231. The van der Waals surface area contributed by atoms with Crippen molar-refractivity contribution in [3.8, 4) is 0 Å². The summed E-state index contributed by atoms with van der Waals surface area (Å²) >= 11 is 5.89. The topological polar surface area (TPSA) is 37.8 Å². The molecular formula is C13H14ClN3. The van der Waals surface area contributed by atoms with Crippen molar-refractivity contribution < 1.29 is 0 Å². The smallest absolute Gasteiger partial charge is 0.115 e. The van der Waals surface area contributed by atoms with Crippen LogP contribution >= 0.6 is 11.6 Å². The summed E-state index contributed by atoms with van der Waals surface area (Å²) < 4.78 is 0. The lowest BCUT2D eigenvalue weighted by Crippen LogP contribution is -2.22. The molecule has 3 nitrogen and oxygen atoms in total. The molecular weight excluding hydrogens is 234 g/mol. The second-order valence-corrected chi connectivity index (χ2v) is 4.11. The maximum absolute atomic E-state index is 5.89. The van der Waals surface area contributed by atoms with Crippen molar-refractivity contribution in [2.45, 2.75) is 13.0 Å². The molecule has 0 fully saturated rings. The Morgan fingerprint density at radius 3 is 2.59 bits per heavy atom. The van der Waals surface area contributed by atoms with Crippen molar-refractivity contribution in [3.63, 3.8) is 0 Å². The zero-order chi connectivity index (χ0) is 12.1. The van der Waals surface area contributed by atoms with E-state index in [0.717, 1.165) is 22.8 Å². The van der Waals surface area contributed by atoms with E-state index >= 15 is 0 Å². The Hall–Kier alpha value is -1.45. The predicted molar refractivity (Wildman–Crippen MR) is 69.0 cm³/mol. The van der Waals surface area contributed by atoms with Gasteiger partial charge in [-0.25, -0.2) is 9.97 Å². The van der Waals surface area contributed by atoms with Crippen LogP contribution in [0.1, 0.15) is 24.2 Å². The maximum Gasteiger partial charge on any atom is 0.115 e. The van der Waals surface area contributed by atoms with Gasteiger partial charge in [0, 0.05) is 11.2 Å². The molecule has 0 bridgehead atoms. The number of hydrogen-bond acceptors (Lipinski definition) is 3. The number of rotatable bonds is 4. The first-order valence-corrected chi connectivity index (χ1v) is 5.94. The highest BCUT2D eigenvalue weighted by Gasteiger charge is 2.13. The van der Waals surface area contributed by atoms with E-state index in [-0.39, 0.29) is 6.04 Å². The first-order valence-electron chi connectivity index (χ1n) is 5.56. The lowest BCUT2D eigenvalue weighted by molar-refractivity contribution is 0.614. The van der Waals surface area contributed by atoms with Crippen LogP contribution in [0.2, 0.25) is 5.02 Å². The van der Waals surface area contributed by atoms with Crippen molar-refractivity contribution in [2.24, 2.45) is 0 Å². The third-order valence-corrected chi connectivity index (χ3v) is 2.76. The molecule has 0 saturated heterocycles. The van der Waals surface area contributed by atoms with Gasteiger partial charge < -0.3 is 5.32 Å². The first-order chi connectivity index (χ1) is 8.31. The summed E-state index contributed by atoms with van der Waals surface area (Å²) in [7, 11) is 0. The molecule has 2 aromatic rings. The van der Waals surface area contributed by atoms with Gasteiger partial charge in [0.15, 0.2) is 0 Å². The van der Waals surface area contributed by atoms with Crippen LogP contribution < -0.4 is 5.32 Å². The summed E-state index contributed by atoms with van der Waals surface area (Å²) in [6.07, 6.45) is 3.32. The Morgan fingerprint density at radius 1 is 1.24 bits per heavy atom. The van der Waals surface area contributed by atoms with Crippen LogP contribution in [0.5, 0.6) is 0 Å². The zero-order valence-electron chi connectivity index (χ0n) is 9.60. The summed E-state index contributed by atoms with van der Waals surface area (Å²) in [5.74, 6) is 0.